The first-order valence-corrected chi connectivity index (χ1v) is 12.5. The summed E-state index contributed by atoms with van der Waals surface area (Å²) in [6.45, 7) is 3.84. The highest BCUT2D eigenvalue weighted by Crippen LogP contribution is 2.26. The second-order valence-electron chi connectivity index (χ2n) is 8.08. The minimum atomic E-state index is -0.462. The molecule has 0 fully saturated rings. The molecule has 1 aromatic heterocycles. The van der Waals surface area contributed by atoms with Crippen molar-refractivity contribution in [3.63, 3.8) is 0 Å². The number of aromatic nitrogens is 1. The first-order chi connectivity index (χ1) is 18.0. The maximum absolute atomic E-state index is 12.7. The summed E-state index contributed by atoms with van der Waals surface area (Å²) >= 11 is 3.41. The van der Waals surface area contributed by atoms with E-state index in [1.807, 2.05) is 30.3 Å². The Morgan fingerprint density at radius 1 is 1.00 bits per heavy atom. The van der Waals surface area contributed by atoms with Crippen molar-refractivity contribution < 1.29 is 19.1 Å². The number of hydrazone groups is 1. The summed E-state index contributed by atoms with van der Waals surface area (Å²) in [6.07, 6.45) is 1.47. The fourth-order valence-corrected chi connectivity index (χ4v) is 4.17. The summed E-state index contributed by atoms with van der Waals surface area (Å²) in [5, 5.41) is 4.08. The molecular formula is C29H26BrN3O4. The van der Waals surface area contributed by atoms with Crippen LogP contribution < -0.4 is 10.2 Å². The summed E-state index contributed by atoms with van der Waals surface area (Å²) in [5.41, 5.74) is 7.85. The Balaban J connectivity index is 1.45. The lowest BCUT2D eigenvalue weighted by atomic mass is 10.1. The Morgan fingerprint density at radius 2 is 1.76 bits per heavy atom. The van der Waals surface area contributed by atoms with Crippen LogP contribution in [0.15, 0.2) is 94.5 Å². The van der Waals surface area contributed by atoms with E-state index in [2.05, 4.69) is 62.2 Å². The number of esters is 1. The number of carbonyl (C=O) groups excluding carboxylic acids is 2. The second-order valence-corrected chi connectivity index (χ2v) is 9.00. The standard InChI is InChI=1S/C29H26BrN3O4/c1-3-36-28(34)19-37-27-16-12-24(30)17-23(27)18-31-32-29(35)22-10-13-25(14-11-22)33-20(2)9-15-26(33)21-7-5-4-6-8-21/h4-18H,3,19H2,1-2H3,(H,32,35)/b31-18+. The molecular weight excluding hydrogens is 534 g/mol. The Morgan fingerprint density at radius 3 is 2.49 bits per heavy atom. The highest BCUT2D eigenvalue weighted by Gasteiger charge is 2.11. The number of halogens is 1. The van der Waals surface area contributed by atoms with E-state index in [-0.39, 0.29) is 19.1 Å². The maximum Gasteiger partial charge on any atom is 0.344 e. The summed E-state index contributed by atoms with van der Waals surface area (Å²) in [6, 6.07) is 26.9. The fraction of sp³-hybridized carbons (Fsp3) is 0.138. The van der Waals surface area contributed by atoms with Crippen LogP contribution in [0.5, 0.6) is 5.75 Å². The zero-order valence-electron chi connectivity index (χ0n) is 20.5. The van der Waals surface area contributed by atoms with Crippen molar-refractivity contribution in [3.05, 3.63) is 106 Å². The molecule has 0 aliphatic heterocycles. The van der Waals surface area contributed by atoms with Gasteiger partial charge in [-0.2, -0.15) is 5.10 Å². The van der Waals surface area contributed by atoms with E-state index in [4.69, 9.17) is 9.47 Å². The molecule has 4 rings (SSSR count). The van der Waals surface area contributed by atoms with Crippen LogP contribution in [0.2, 0.25) is 0 Å². The molecule has 0 saturated heterocycles. The van der Waals surface area contributed by atoms with Crippen molar-refractivity contribution in [2.24, 2.45) is 5.10 Å². The molecule has 37 heavy (non-hydrogen) atoms. The lowest BCUT2D eigenvalue weighted by Gasteiger charge is -2.13. The SMILES string of the molecule is CCOC(=O)COc1ccc(Br)cc1/C=N/NC(=O)c1ccc(-n2c(C)ccc2-c2ccccc2)cc1. The van der Waals surface area contributed by atoms with Crippen LogP contribution in [0.3, 0.4) is 0 Å². The van der Waals surface area contributed by atoms with Gasteiger partial charge in [-0.3, -0.25) is 4.79 Å². The summed E-state index contributed by atoms with van der Waals surface area (Å²) in [7, 11) is 0. The Bertz CT molecular complexity index is 1410. The zero-order valence-corrected chi connectivity index (χ0v) is 22.1. The van der Waals surface area contributed by atoms with Crippen molar-refractivity contribution in [2.45, 2.75) is 13.8 Å². The molecule has 8 heteroatoms. The topological polar surface area (TPSA) is 81.9 Å². The van der Waals surface area contributed by atoms with Gasteiger partial charge < -0.3 is 14.0 Å². The molecule has 4 aromatic rings. The number of hydrogen-bond acceptors (Lipinski definition) is 5. The van der Waals surface area contributed by atoms with Crippen molar-refractivity contribution in [3.8, 4) is 22.7 Å². The predicted octanol–water partition coefficient (Wildman–Crippen LogP) is 5.92. The van der Waals surface area contributed by atoms with Crippen LogP contribution in [0, 0.1) is 6.92 Å². The molecule has 1 N–H and O–H groups in total. The van der Waals surface area contributed by atoms with Gasteiger partial charge in [-0.25, -0.2) is 10.2 Å². The molecule has 0 saturated carbocycles. The third-order valence-electron chi connectivity index (χ3n) is 5.53. The number of rotatable bonds is 9. The van der Waals surface area contributed by atoms with Crippen molar-refractivity contribution in [1.29, 1.82) is 0 Å². The zero-order chi connectivity index (χ0) is 26.2. The highest BCUT2D eigenvalue weighted by atomic mass is 79.9. The summed E-state index contributed by atoms with van der Waals surface area (Å²) in [5.74, 6) is -0.370. The van der Waals surface area contributed by atoms with E-state index in [0.717, 1.165) is 27.1 Å². The van der Waals surface area contributed by atoms with Crippen LogP contribution in [0.1, 0.15) is 28.5 Å². The monoisotopic (exact) mass is 559 g/mol. The molecule has 188 valence electrons. The number of amides is 1. The molecule has 0 bridgehead atoms. The van der Waals surface area contributed by atoms with Crippen LogP contribution in [-0.4, -0.2) is 35.9 Å². The van der Waals surface area contributed by atoms with Crippen molar-refractivity contribution in [1.82, 2.24) is 9.99 Å². The highest BCUT2D eigenvalue weighted by molar-refractivity contribution is 9.10. The van der Waals surface area contributed by atoms with Gasteiger partial charge in [0.25, 0.3) is 5.91 Å². The molecule has 7 nitrogen and oxygen atoms in total. The third kappa shape index (κ3) is 6.54. The van der Waals surface area contributed by atoms with Crippen LogP contribution in [0.4, 0.5) is 0 Å². The van der Waals surface area contributed by atoms with Gasteiger partial charge in [-0.05, 0) is 74.0 Å². The van der Waals surface area contributed by atoms with E-state index >= 15 is 0 Å². The summed E-state index contributed by atoms with van der Waals surface area (Å²) in [4.78, 5) is 24.3. The van der Waals surface area contributed by atoms with E-state index in [9.17, 15) is 9.59 Å². The van der Waals surface area contributed by atoms with Gasteiger partial charge in [-0.15, -0.1) is 0 Å². The first-order valence-electron chi connectivity index (χ1n) is 11.7. The lowest BCUT2D eigenvalue weighted by molar-refractivity contribution is -0.145. The van der Waals surface area contributed by atoms with Crippen LogP contribution in [0.25, 0.3) is 16.9 Å². The second kappa shape index (κ2) is 12.2. The van der Waals surface area contributed by atoms with Gasteiger partial charge in [0, 0.05) is 27.0 Å². The number of nitrogens with one attached hydrogen (secondary N) is 1. The first kappa shape index (κ1) is 25.9. The normalized spacial score (nSPS) is 10.9. The predicted molar refractivity (Wildman–Crippen MR) is 147 cm³/mol. The largest absolute Gasteiger partial charge is 0.481 e. The number of carbonyl (C=O) groups is 2. The van der Waals surface area contributed by atoms with Gasteiger partial charge >= 0.3 is 5.97 Å². The Hall–Kier alpha value is -4.17. The van der Waals surface area contributed by atoms with E-state index in [1.165, 1.54) is 6.21 Å². The Kier molecular flexibility index (Phi) is 8.53. The third-order valence-corrected chi connectivity index (χ3v) is 6.02. The molecule has 0 aliphatic rings. The van der Waals surface area contributed by atoms with Gasteiger partial charge in [0.05, 0.1) is 18.5 Å². The average Bonchev–Trinajstić information content (AvgIpc) is 3.30. The molecule has 0 radical (unpaired) electrons. The molecule has 0 atom stereocenters. The Labute approximate surface area is 223 Å². The van der Waals surface area contributed by atoms with Crippen LogP contribution in [-0.2, 0) is 9.53 Å². The number of aryl methyl sites for hydroxylation is 1. The number of benzene rings is 3. The average molecular weight is 560 g/mol. The van der Waals surface area contributed by atoms with E-state index < -0.39 is 5.97 Å². The molecule has 0 spiro atoms. The number of hydrogen-bond donors (Lipinski definition) is 1. The minimum absolute atomic E-state index is 0.220. The van der Waals surface area contributed by atoms with Gasteiger partial charge in [0.2, 0.25) is 0 Å². The van der Waals surface area contributed by atoms with Gasteiger partial charge in [-0.1, -0.05) is 46.3 Å². The van der Waals surface area contributed by atoms with E-state index in [1.54, 1.807) is 37.3 Å². The molecule has 3 aromatic carbocycles. The number of nitrogens with zero attached hydrogens (tertiary/aromatic N) is 2. The van der Waals surface area contributed by atoms with Gasteiger partial charge in [0.15, 0.2) is 6.61 Å². The molecule has 1 amide bonds. The van der Waals surface area contributed by atoms with Crippen molar-refractivity contribution >= 4 is 34.0 Å². The van der Waals surface area contributed by atoms with Crippen molar-refractivity contribution in [2.75, 3.05) is 13.2 Å². The van der Waals surface area contributed by atoms with Crippen LogP contribution >= 0.6 is 15.9 Å². The van der Waals surface area contributed by atoms with Gasteiger partial charge in [0.1, 0.15) is 5.75 Å². The summed E-state index contributed by atoms with van der Waals surface area (Å²) < 4.78 is 13.4. The lowest BCUT2D eigenvalue weighted by Crippen LogP contribution is -2.18. The molecule has 0 unspecified atom stereocenters. The minimum Gasteiger partial charge on any atom is -0.481 e. The maximum atomic E-state index is 12.7. The number of ether oxygens (including phenoxy) is 2. The smallest absolute Gasteiger partial charge is 0.344 e. The fourth-order valence-electron chi connectivity index (χ4n) is 3.79. The van der Waals surface area contributed by atoms with E-state index in [0.29, 0.717) is 16.9 Å². The quantitative estimate of drug-likeness (QED) is 0.157. The molecule has 1 heterocycles. The molecule has 0 aliphatic carbocycles.